The van der Waals surface area contributed by atoms with Gasteiger partial charge in [0.25, 0.3) is 0 Å². The summed E-state index contributed by atoms with van der Waals surface area (Å²) in [6, 6.07) is 0. The van der Waals surface area contributed by atoms with Gasteiger partial charge in [0.15, 0.2) is 0 Å². The minimum atomic E-state index is -0.0290. The number of likely N-dealkylation sites (tertiary alicyclic amines) is 1. The fourth-order valence-corrected chi connectivity index (χ4v) is 3.31. The van der Waals surface area contributed by atoms with Crippen molar-refractivity contribution in [3.63, 3.8) is 0 Å². The Bertz CT molecular complexity index is 306. The topological polar surface area (TPSA) is 29.5 Å². The number of hydrogen-bond acceptors (Lipinski definition) is 3. The highest BCUT2D eigenvalue weighted by molar-refractivity contribution is 5.71. The van der Waals surface area contributed by atoms with E-state index < -0.39 is 0 Å². The van der Waals surface area contributed by atoms with Gasteiger partial charge >= 0.3 is 5.97 Å². The highest BCUT2D eigenvalue weighted by atomic mass is 16.5. The van der Waals surface area contributed by atoms with Crippen LogP contribution in [0.5, 0.6) is 0 Å². The summed E-state index contributed by atoms with van der Waals surface area (Å²) in [5.74, 6) is -0.0290. The van der Waals surface area contributed by atoms with Gasteiger partial charge in [0.05, 0.1) is 13.0 Å². The molecule has 2 rings (SSSR count). The zero-order valence-electron chi connectivity index (χ0n) is 12.1. The lowest BCUT2D eigenvalue weighted by molar-refractivity contribution is -0.148. The first-order valence-corrected chi connectivity index (χ1v) is 7.42. The molecular weight excluding hydrogens is 226 g/mol. The minimum Gasteiger partial charge on any atom is -0.466 e. The van der Waals surface area contributed by atoms with Crippen molar-refractivity contribution in [1.29, 1.82) is 0 Å². The van der Waals surface area contributed by atoms with Crippen molar-refractivity contribution < 1.29 is 9.53 Å². The van der Waals surface area contributed by atoms with Gasteiger partial charge in [-0.1, -0.05) is 13.3 Å². The zero-order valence-corrected chi connectivity index (χ0v) is 12.1. The van der Waals surface area contributed by atoms with Crippen molar-refractivity contribution in [2.24, 2.45) is 5.41 Å². The number of rotatable bonds is 5. The van der Waals surface area contributed by atoms with Crippen LogP contribution in [0.3, 0.4) is 0 Å². The van der Waals surface area contributed by atoms with E-state index in [1.165, 1.54) is 32.1 Å². The van der Waals surface area contributed by atoms with E-state index >= 15 is 0 Å². The van der Waals surface area contributed by atoms with Gasteiger partial charge in [0, 0.05) is 5.54 Å². The van der Waals surface area contributed by atoms with Gasteiger partial charge in [-0.15, -0.1) is 0 Å². The molecule has 1 saturated carbocycles. The number of carbonyl (C=O) groups excluding carboxylic acids is 1. The Hall–Kier alpha value is -0.570. The minimum absolute atomic E-state index is 0.000324. The van der Waals surface area contributed by atoms with Gasteiger partial charge in [-0.25, -0.2) is 0 Å². The molecule has 0 N–H and O–H groups in total. The summed E-state index contributed by atoms with van der Waals surface area (Å²) in [7, 11) is 0. The SMILES string of the molecule is CCOC(=O)CC(C)(N1CCCCC1)C1(C)CC1. The van der Waals surface area contributed by atoms with Crippen LogP contribution in [0.15, 0.2) is 0 Å². The fraction of sp³-hybridized carbons (Fsp3) is 0.933. The second-order valence-electron chi connectivity index (χ2n) is 6.36. The summed E-state index contributed by atoms with van der Waals surface area (Å²) in [5, 5.41) is 0. The molecule has 0 spiro atoms. The smallest absolute Gasteiger partial charge is 0.307 e. The molecule has 0 aromatic carbocycles. The third kappa shape index (κ3) is 2.56. The lowest BCUT2D eigenvalue weighted by atomic mass is 9.78. The van der Waals surface area contributed by atoms with Crippen LogP contribution in [-0.4, -0.2) is 36.1 Å². The molecule has 0 amide bonds. The van der Waals surface area contributed by atoms with E-state index in [0.29, 0.717) is 18.4 Å². The molecule has 1 aliphatic heterocycles. The highest BCUT2D eigenvalue weighted by Crippen LogP contribution is 2.57. The third-order valence-corrected chi connectivity index (χ3v) is 5.15. The van der Waals surface area contributed by atoms with Crippen molar-refractivity contribution in [3.05, 3.63) is 0 Å². The first-order chi connectivity index (χ1) is 8.52. The monoisotopic (exact) mass is 253 g/mol. The van der Waals surface area contributed by atoms with Crippen LogP contribution in [-0.2, 0) is 9.53 Å². The van der Waals surface area contributed by atoms with Crippen LogP contribution < -0.4 is 0 Å². The molecule has 2 aliphatic rings. The van der Waals surface area contributed by atoms with Crippen LogP contribution in [0.1, 0.15) is 59.3 Å². The van der Waals surface area contributed by atoms with Gasteiger partial charge in [-0.3, -0.25) is 9.69 Å². The van der Waals surface area contributed by atoms with Gasteiger partial charge < -0.3 is 4.74 Å². The largest absolute Gasteiger partial charge is 0.466 e. The molecule has 3 nitrogen and oxygen atoms in total. The molecule has 104 valence electrons. The molecular formula is C15H27NO2. The normalized spacial score (nSPS) is 26.4. The van der Waals surface area contributed by atoms with Crippen molar-refractivity contribution in [3.8, 4) is 0 Å². The molecule has 1 aliphatic carbocycles. The van der Waals surface area contributed by atoms with Gasteiger partial charge in [0.1, 0.15) is 0 Å². The fourth-order valence-electron chi connectivity index (χ4n) is 3.31. The van der Waals surface area contributed by atoms with E-state index in [1.807, 2.05) is 6.92 Å². The van der Waals surface area contributed by atoms with Crippen molar-refractivity contribution in [1.82, 2.24) is 4.90 Å². The van der Waals surface area contributed by atoms with Crippen LogP contribution in [0, 0.1) is 5.41 Å². The molecule has 3 heteroatoms. The Morgan fingerprint density at radius 1 is 1.28 bits per heavy atom. The van der Waals surface area contributed by atoms with Gasteiger partial charge in [-0.05, 0) is 58.0 Å². The van der Waals surface area contributed by atoms with Crippen LogP contribution >= 0.6 is 0 Å². The van der Waals surface area contributed by atoms with Crippen LogP contribution in [0.25, 0.3) is 0 Å². The Morgan fingerprint density at radius 3 is 2.39 bits per heavy atom. The van der Waals surface area contributed by atoms with Crippen LogP contribution in [0.4, 0.5) is 0 Å². The number of nitrogens with zero attached hydrogens (tertiary/aromatic N) is 1. The third-order valence-electron chi connectivity index (χ3n) is 5.15. The average molecular weight is 253 g/mol. The molecule has 0 aromatic heterocycles. The van der Waals surface area contributed by atoms with Crippen LogP contribution in [0.2, 0.25) is 0 Å². The molecule has 18 heavy (non-hydrogen) atoms. The molecule has 2 fully saturated rings. The molecule has 1 atom stereocenters. The molecule has 0 bridgehead atoms. The quantitative estimate of drug-likeness (QED) is 0.705. The maximum atomic E-state index is 11.9. The predicted octanol–water partition coefficient (Wildman–Crippen LogP) is 2.98. The predicted molar refractivity (Wildman–Crippen MR) is 72.4 cm³/mol. The number of ether oxygens (including phenoxy) is 1. The molecule has 1 saturated heterocycles. The van der Waals surface area contributed by atoms with Crippen molar-refractivity contribution in [2.75, 3.05) is 19.7 Å². The Balaban J connectivity index is 2.09. The second-order valence-corrected chi connectivity index (χ2v) is 6.36. The van der Waals surface area contributed by atoms with E-state index in [1.54, 1.807) is 0 Å². The second kappa shape index (κ2) is 5.20. The van der Waals surface area contributed by atoms with Crippen molar-refractivity contribution in [2.45, 2.75) is 64.8 Å². The number of piperidine rings is 1. The number of carbonyl (C=O) groups is 1. The lowest BCUT2D eigenvalue weighted by Crippen LogP contribution is -2.55. The Labute approximate surface area is 111 Å². The number of esters is 1. The molecule has 1 unspecified atom stereocenters. The van der Waals surface area contributed by atoms with E-state index in [0.717, 1.165) is 13.1 Å². The number of hydrogen-bond donors (Lipinski definition) is 0. The van der Waals surface area contributed by atoms with E-state index in [9.17, 15) is 4.79 Å². The Morgan fingerprint density at radius 2 is 1.89 bits per heavy atom. The maximum absolute atomic E-state index is 11.9. The summed E-state index contributed by atoms with van der Waals surface area (Å²) in [5.41, 5.74) is 0.316. The zero-order chi connectivity index (χ0) is 13.2. The average Bonchev–Trinajstić information content (AvgIpc) is 3.10. The first kappa shape index (κ1) is 13.9. The summed E-state index contributed by atoms with van der Waals surface area (Å²) >= 11 is 0. The Kier molecular flexibility index (Phi) is 4.00. The molecule has 0 radical (unpaired) electrons. The summed E-state index contributed by atoms with van der Waals surface area (Å²) in [6.07, 6.45) is 6.93. The van der Waals surface area contributed by atoms with Gasteiger partial charge in [-0.2, -0.15) is 0 Å². The molecule has 0 aromatic rings. The molecule has 1 heterocycles. The van der Waals surface area contributed by atoms with Crippen molar-refractivity contribution >= 4 is 5.97 Å². The lowest BCUT2D eigenvalue weighted by Gasteiger charge is -2.47. The van der Waals surface area contributed by atoms with E-state index in [4.69, 9.17) is 4.74 Å². The highest BCUT2D eigenvalue weighted by Gasteiger charge is 2.56. The standard InChI is InChI=1S/C15H27NO2/c1-4-18-13(17)12-15(3,14(2)8-9-14)16-10-6-5-7-11-16/h4-12H2,1-3H3. The van der Waals surface area contributed by atoms with E-state index in [-0.39, 0.29) is 11.5 Å². The summed E-state index contributed by atoms with van der Waals surface area (Å²) in [4.78, 5) is 14.5. The maximum Gasteiger partial charge on any atom is 0.307 e. The summed E-state index contributed by atoms with van der Waals surface area (Å²) < 4.78 is 5.19. The van der Waals surface area contributed by atoms with Gasteiger partial charge in [0.2, 0.25) is 0 Å². The van der Waals surface area contributed by atoms with E-state index in [2.05, 4.69) is 18.7 Å². The first-order valence-electron chi connectivity index (χ1n) is 7.42. The summed E-state index contributed by atoms with van der Waals surface area (Å²) in [6.45, 7) is 9.28.